The molecule has 2 aliphatic heterocycles. The molecule has 1 saturated heterocycles. The average molecular weight is 471 g/mol. The fourth-order valence-corrected chi connectivity index (χ4v) is 4.79. The van der Waals surface area contributed by atoms with Crippen LogP contribution in [0.1, 0.15) is 16.1 Å². The fraction of sp³-hybridized carbons (Fsp3) is 0.368. The van der Waals surface area contributed by atoms with Crippen LogP contribution in [0.4, 0.5) is 23.2 Å². The molecule has 32 heavy (non-hydrogen) atoms. The van der Waals surface area contributed by atoms with Crippen molar-refractivity contribution in [3.05, 3.63) is 47.7 Å². The van der Waals surface area contributed by atoms with Gasteiger partial charge in [0.2, 0.25) is 5.88 Å². The summed E-state index contributed by atoms with van der Waals surface area (Å²) in [7, 11) is 1.39. The number of benzene rings is 1. The standard InChI is InChI=1S/C19H17F4N5O3S/c1-30-14-6-25-13(5-26-14)16(29)27-9-2-3-12(20)10(4-9)18-8-31-15(19(21,22)23)11(18)7-32-17(24)28-18/h2-6,11,15H,7-8H2,1H3,(H2,24,28)(H,27,29)/t11-,15+,18-/m1/s1. The SMILES string of the molecule is COc1cnc(C(=O)Nc2ccc(F)c([C@]34CO[C@H](C(F)(F)F)[C@H]3CSC(N)=N4)c2)cn1. The van der Waals surface area contributed by atoms with Crippen LogP contribution in [0.25, 0.3) is 0 Å². The summed E-state index contributed by atoms with van der Waals surface area (Å²) in [6.45, 7) is -0.499. The molecule has 3 heterocycles. The van der Waals surface area contributed by atoms with Crippen molar-refractivity contribution in [2.45, 2.75) is 17.8 Å². The molecule has 8 nitrogen and oxygen atoms in total. The Balaban J connectivity index is 1.68. The third kappa shape index (κ3) is 3.97. The van der Waals surface area contributed by atoms with Gasteiger partial charge in [0.05, 0.1) is 26.1 Å². The van der Waals surface area contributed by atoms with E-state index in [0.717, 1.165) is 17.8 Å². The third-order valence-corrected chi connectivity index (χ3v) is 6.18. The number of hydrogen-bond acceptors (Lipinski definition) is 8. The summed E-state index contributed by atoms with van der Waals surface area (Å²) >= 11 is 0.959. The minimum Gasteiger partial charge on any atom is -0.480 e. The second-order valence-electron chi connectivity index (χ2n) is 7.16. The second kappa shape index (κ2) is 8.20. The highest BCUT2D eigenvalue weighted by molar-refractivity contribution is 8.13. The third-order valence-electron chi connectivity index (χ3n) is 5.27. The van der Waals surface area contributed by atoms with Crippen molar-refractivity contribution in [2.24, 2.45) is 16.6 Å². The van der Waals surface area contributed by atoms with Crippen LogP contribution in [0.15, 0.2) is 35.6 Å². The van der Waals surface area contributed by atoms with Crippen LogP contribution in [0, 0.1) is 11.7 Å². The Labute approximate surface area is 183 Å². The normalized spacial score (nSPS) is 25.1. The molecule has 3 atom stereocenters. The number of nitrogens with two attached hydrogens (primary N) is 1. The molecule has 0 saturated carbocycles. The van der Waals surface area contributed by atoms with Crippen LogP contribution in [0.2, 0.25) is 0 Å². The number of methoxy groups -OCH3 is 1. The van der Waals surface area contributed by atoms with E-state index in [1.165, 1.54) is 31.6 Å². The number of alkyl halides is 3. The van der Waals surface area contributed by atoms with Crippen molar-refractivity contribution in [1.82, 2.24) is 9.97 Å². The zero-order chi connectivity index (χ0) is 23.1. The molecule has 2 aliphatic rings. The maximum absolute atomic E-state index is 14.9. The van der Waals surface area contributed by atoms with E-state index in [1.807, 2.05) is 0 Å². The molecule has 1 aromatic heterocycles. The number of nitrogens with zero attached hydrogens (tertiary/aromatic N) is 3. The van der Waals surface area contributed by atoms with Gasteiger partial charge >= 0.3 is 6.18 Å². The minimum absolute atomic E-state index is 0.0367. The van der Waals surface area contributed by atoms with E-state index >= 15 is 0 Å². The van der Waals surface area contributed by atoms with Gasteiger partial charge in [0, 0.05) is 22.9 Å². The number of aromatic nitrogens is 2. The zero-order valence-corrected chi connectivity index (χ0v) is 17.3. The molecule has 1 fully saturated rings. The van der Waals surface area contributed by atoms with Crippen LogP contribution >= 0.6 is 11.8 Å². The summed E-state index contributed by atoms with van der Waals surface area (Å²) < 4.78 is 65.4. The first-order valence-corrected chi connectivity index (χ1v) is 10.3. The Kier molecular flexibility index (Phi) is 5.71. The summed E-state index contributed by atoms with van der Waals surface area (Å²) in [4.78, 5) is 24.5. The fourth-order valence-electron chi connectivity index (χ4n) is 3.76. The largest absolute Gasteiger partial charge is 0.480 e. The lowest BCUT2D eigenvalue weighted by molar-refractivity contribution is -0.215. The van der Waals surface area contributed by atoms with E-state index in [4.69, 9.17) is 15.2 Å². The predicted octanol–water partition coefficient (Wildman–Crippen LogP) is 2.71. The summed E-state index contributed by atoms with van der Waals surface area (Å²) in [6, 6.07) is 3.57. The maximum Gasteiger partial charge on any atom is 0.415 e. The number of carbonyl (C=O) groups excluding carboxylic acids is 1. The molecule has 0 spiro atoms. The molecule has 170 valence electrons. The van der Waals surface area contributed by atoms with E-state index in [2.05, 4.69) is 20.3 Å². The first-order valence-electron chi connectivity index (χ1n) is 9.28. The molecule has 1 aromatic carbocycles. The maximum atomic E-state index is 14.9. The lowest BCUT2D eigenvalue weighted by Crippen LogP contribution is -2.46. The van der Waals surface area contributed by atoms with E-state index in [0.29, 0.717) is 0 Å². The average Bonchev–Trinajstić information content (AvgIpc) is 3.15. The van der Waals surface area contributed by atoms with E-state index in [-0.39, 0.29) is 33.7 Å². The quantitative estimate of drug-likeness (QED) is 0.660. The number of hydrogen-bond donors (Lipinski definition) is 2. The highest BCUT2D eigenvalue weighted by atomic mass is 32.2. The zero-order valence-electron chi connectivity index (χ0n) is 16.5. The number of ether oxygens (including phenoxy) is 2. The Morgan fingerprint density at radius 3 is 2.78 bits per heavy atom. The van der Waals surface area contributed by atoms with E-state index in [1.54, 1.807) is 0 Å². The minimum atomic E-state index is -4.65. The number of fused-ring (bicyclic) bond motifs is 1. The lowest BCUT2D eigenvalue weighted by Gasteiger charge is -2.36. The number of amides is 1. The molecule has 0 unspecified atom stereocenters. The molecule has 1 amide bonds. The topological polar surface area (TPSA) is 112 Å². The van der Waals surface area contributed by atoms with Crippen molar-refractivity contribution in [2.75, 3.05) is 24.8 Å². The molecule has 0 aliphatic carbocycles. The van der Waals surface area contributed by atoms with Gasteiger partial charge < -0.3 is 20.5 Å². The summed E-state index contributed by atoms with van der Waals surface area (Å²) in [5.41, 5.74) is 4.09. The van der Waals surface area contributed by atoms with Crippen molar-refractivity contribution >= 4 is 28.5 Å². The van der Waals surface area contributed by atoms with Gasteiger partial charge in [-0.25, -0.2) is 19.4 Å². The molecular weight excluding hydrogens is 454 g/mol. The first kappa shape index (κ1) is 22.3. The smallest absolute Gasteiger partial charge is 0.415 e. The number of rotatable bonds is 4. The molecular formula is C19H17F4N5O3S. The second-order valence-corrected chi connectivity index (χ2v) is 8.20. The molecule has 13 heteroatoms. The van der Waals surface area contributed by atoms with Crippen LogP contribution in [-0.4, -0.2) is 52.8 Å². The van der Waals surface area contributed by atoms with Crippen molar-refractivity contribution in [3.63, 3.8) is 0 Å². The summed E-state index contributed by atoms with van der Waals surface area (Å²) in [5.74, 6) is -2.46. The lowest BCUT2D eigenvalue weighted by atomic mass is 9.78. The number of carbonyl (C=O) groups is 1. The van der Waals surface area contributed by atoms with Crippen LogP contribution in [0.3, 0.4) is 0 Å². The van der Waals surface area contributed by atoms with Crippen molar-refractivity contribution < 1.29 is 31.8 Å². The van der Waals surface area contributed by atoms with Gasteiger partial charge in [0.1, 0.15) is 17.1 Å². The molecule has 2 aromatic rings. The van der Waals surface area contributed by atoms with Crippen LogP contribution in [-0.2, 0) is 10.3 Å². The van der Waals surface area contributed by atoms with Gasteiger partial charge in [-0.15, -0.1) is 0 Å². The molecule has 3 N–H and O–H groups in total. The summed E-state index contributed by atoms with van der Waals surface area (Å²) in [6.07, 6.45) is -4.32. The van der Waals surface area contributed by atoms with Crippen LogP contribution in [0.5, 0.6) is 5.88 Å². The Bertz CT molecular complexity index is 1070. The Hall–Kier alpha value is -2.93. The highest BCUT2D eigenvalue weighted by Crippen LogP contribution is 2.52. The number of nitrogens with one attached hydrogen (secondary N) is 1. The predicted molar refractivity (Wildman–Crippen MR) is 108 cm³/mol. The number of aliphatic imine (C=N–C) groups is 1. The Morgan fingerprint density at radius 2 is 2.12 bits per heavy atom. The molecule has 4 rings (SSSR count). The number of halogens is 4. The van der Waals surface area contributed by atoms with Gasteiger partial charge in [-0.2, -0.15) is 13.2 Å². The highest BCUT2D eigenvalue weighted by Gasteiger charge is 2.62. The molecule has 0 radical (unpaired) electrons. The van der Waals surface area contributed by atoms with Gasteiger partial charge in [-0.05, 0) is 18.2 Å². The monoisotopic (exact) mass is 471 g/mol. The van der Waals surface area contributed by atoms with Crippen molar-refractivity contribution in [1.29, 1.82) is 0 Å². The van der Waals surface area contributed by atoms with Gasteiger partial charge in [-0.1, -0.05) is 11.8 Å². The number of anilines is 1. The summed E-state index contributed by atoms with van der Waals surface area (Å²) in [5, 5.41) is 2.57. The molecule has 0 bridgehead atoms. The van der Waals surface area contributed by atoms with Gasteiger partial charge in [-0.3, -0.25) is 4.79 Å². The van der Waals surface area contributed by atoms with Gasteiger partial charge in [0.15, 0.2) is 11.3 Å². The first-order chi connectivity index (χ1) is 15.1. The van der Waals surface area contributed by atoms with Crippen molar-refractivity contribution in [3.8, 4) is 5.88 Å². The number of thioether (sulfide) groups is 1. The van der Waals surface area contributed by atoms with Crippen LogP contribution < -0.4 is 15.8 Å². The van der Waals surface area contributed by atoms with Gasteiger partial charge in [0.25, 0.3) is 5.91 Å². The van der Waals surface area contributed by atoms with E-state index < -0.39 is 42.1 Å². The van der Waals surface area contributed by atoms with E-state index in [9.17, 15) is 22.4 Å². The Morgan fingerprint density at radius 1 is 1.34 bits per heavy atom. The number of amidine groups is 1.